The van der Waals surface area contributed by atoms with Gasteiger partial charge < -0.3 is 14.8 Å². The predicted octanol–water partition coefficient (Wildman–Crippen LogP) is 1.67. The summed E-state index contributed by atoms with van der Waals surface area (Å²) in [5, 5.41) is 2.84. The van der Waals surface area contributed by atoms with Gasteiger partial charge in [-0.05, 0) is 25.5 Å². The van der Waals surface area contributed by atoms with Crippen molar-refractivity contribution in [1.29, 1.82) is 0 Å². The van der Waals surface area contributed by atoms with E-state index in [1.165, 1.54) is 0 Å². The number of carbonyl (C=O) groups is 1. The molecule has 0 aromatic carbocycles. The molecule has 1 amide bonds. The Kier molecular flexibility index (Phi) is 5.16. The molecule has 2 heterocycles. The second kappa shape index (κ2) is 7.08. The Bertz CT molecular complexity index is 622. The third kappa shape index (κ3) is 3.16. The lowest BCUT2D eigenvalue weighted by atomic mass is 10.2. The van der Waals surface area contributed by atoms with Crippen molar-refractivity contribution < 1.29 is 14.3 Å². The van der Waals surface area contributed by atoms with E-state index < -0.39 is 0 Å². The van der Waals surface area contributed by atoms with E-state index in [0.29, 0.717) is 43.3 Å². The molecule has 0 bridgehead atoms. The molecule has 0 aliphatic carbocycles. The lowest BCUT2D eigenvalue weighted by Gasteiger charge is -2.07. The number of imidazole rings is 1. The molecule has 114 valence electrons. The average molecular weight is 291 g/mol. The summed E-state index contributed by atoms with van der Waals surface area (Å²) < 4.78 is 12.3. The summed E-state index contributed by atoms with van der Waals surface area (Å²) >= 11 is 0. The summed E-state index contributed by atoms with van der Waals surface area (Å²) in [6.45, 7) is 5.41. The molecule has 0 unspecified atom stereocenters. The zero-order valence-electron chi connectivity index (χ0n) is 12.7. The number of rotatable bonds is 7. The maximum absolute atomic E-state index is 12.4. The van der Waals surface area contributed by atoms with Crippen LogP contribution in [0.2, 0.25) is 0 Å². The van der Waals surface area contributed by atoms with Crippen LogP contribution in [-0.2, 0) is 11.2 Å². The molecule has 1 N–H and O–H groups in total. The van der Waals surface area contributed by atoms with E-state index in [9.17, 15) is 4.79 Å². The van der Waals surface area contributed by atoms with Crippen molar-refractivity contribution in [3.8, 4) is 5.75 Å². The Hall–Kier alpha value is -2.08. The monoisotopic (exact) mass is 291 g/mol. The van der Waals surface area contributed by atoms with Crippen molar-refractivity contribution in [2.45, 2.75) is 20.3 Å². The summed E-state index contributed by atoms with van der Waals surface area (Å²) in [6.07, 6.45) is 2.51. The molecular formula is C15H21N3O3. The summed E-state index contributed by atoms with van der Waals surface area (Å²) in [5.74, 6) is 0.538. The lowest BCUT2D eigenvalue weighted by molar-refractivity contribution is 0.0930. The number of hydrogen-bond donors (Lipinski definition) is 1. The second-order valence-corrected chi connectivity index (χ2v) is 4.51. The van der Waals surface area contributed by atoms with Crippen molar-refractivity contribution in [3.63, 3.8) is 0 Å². The number of fused-ring (bicyclic) bond motifs is 1. The van der Waals surface area contributed by atoms with Gasteiger partial charge in [-0.1, -0.05) is 6.92 Å². The number of pyridine rings is 1. The van der Waals surface area contributed by atoms with E-state index in [2.05, 4.69) is 10.3 Å². The van der Waals surface area contributed by atoms with Gasteiger partial charge in [0, 0.05) is 19.9 Å². The van der Waals surface area contributed by atoms with Gasteiger partial charge in [-0.25, -0.2) is 4.98 Å². The number of carbonyl (C=O) groups excluding carboxylic acids is 1. The molecule has 21 heavy (non-hydrogen) atoms. The van der Waals surface area contributed by atoms with Crippen molar-refractivity contribution in [3.05, 3.63) is 29.7 Å². The van der Waals surface area contributed by atoms with Crippen LogP contribution in [0.1, 0.15) is 30.0 Å². The van der Waals surface area contributed by atoms with Crippen LogP contribution in [0.25, 0.3) is 5.65 Å². The van der Waals surface area contributed by atoms with E-state index in [1.807, 2.05) is 32.2 Å². The number of nitrogens with one attached hydrogen (secondary N) is 1. The standard InChI is InChI=1S/C15H21N3O3/c1-4-11-13(15(19)16-8-10-20-3)18-9-6-7-12(21-5-2)14(18)17-11/h6-7,9H,4-5,8,10H2,1-3H3,(H,16,19). The Morgan fingerprint density at radius 3 is 2.90 bits per heavy atom. The highest BCUT2D eigenvalue weighted by atomic mass is 16.5. The van der Waals surface area contributed by atoms with E-state index in [4.69, 9.17) is 9.47 Å². The van der Waals surface area contributed by atoms with Gasteiger partial charge in [-0.3, -0.25) is 9.20 Å². The Labute approximate surface area is 124 Å². The van der Waals surface area contributed by atoms with Crippen molar-refractivity contribution in [1.82, 2.24) is 14.7 Å². The molecular weight excluding hydrogens is 270 g/mol. The van der Waals surface area contributed by atoms with Gasteiger partial charge >= 0.3 is 0 Å². The second-order valence-electron chi connectivity index (χ2n) is 4.51. The molecule has 0 spiro atoms. The molecule has 0 atom stereocenters. The maximum Gasteiger partial charge on any atom is 0.270 e. The Morgan fingerprint density at radius 2 is 2.24 bits per heavy atom. The first-order valence-electron chi connectivity index (χ1n) is 7.12. The van der Waals surface area contributed by atoms with Gasteiger partial charge in [-0.15, -0.1) is 0 Å². The maximum atomic E-state index is 12.4. The van der Waals surface area contributed by atoms with Crippen molar-refractivity contribution >= 4 is 11.6 Å². The van der Waals surface area contributed by atoms with Crippen LogP contribution in [0.5, 0.6) is 5.75 Å². The lowest BCUT2D eigenvalue weighted by Crippen LogP contribution is -2.28. The van der Waals surface area contributed by atoms with E-state index >= 15 is 0 Å². The summed E-state index contributed by atoms with van der Waals surface area (Å²) in [4.78, 5) is 16.9. The minimum Gasteiger partial charge on any atom is -0.490 e. The highest BCUT2D eigenvalue weighted by Crippen LogP contribution is 2.22. The van der Waals surface area contributed by atoms with Crippen LogP contribution in [0.4, 0.5) is 0 Å². The van der Waals surface area contributed by atoms with E-state index in [0.717, 1.165) is 5.69 Å². The van der Waals surface area contributed by atoms with Crippen LogP contribution in [-0.4, -0.2) is 42.2 Å². The highest BCUT2D eigenvalue weighted by molar-refractivity contribution is 5.95. The molecule has 2 rings (SSSR count). The number of methoxy groups -OCH3 is 1. The van der Waals surface area contributed by atoms with Crippen LogP contribution in [0, 0.1) is 0 Å². The Morgan fingerprint density at radius 1 is 1.43 bits per heavy atom. The predicted molar refractivity (Wildman–Crippen MR) is 79.9 cm³/mol. The fourth-order valence-electron chi connectivity index (χ4n) is 2.20. The first-order chi connectivity index (χ1) is 10.2. The van der Waals surface area contributed by atoms with E-state index in [1.54, 1.807) is 11.5 Å². The SMILES string of the molecule is CCOc1cccn2c(C(=O)NCCOC)c(CC)nc12. The number of ether oxygens (including phenoxy) is 2. The largest absolute Gasteiger partial charge is 0.490 e. The molecule has 2 aromatic heterocycles. The zero-order valence-corrected chi connectivity index (χ0v) is 12.7. The third-order valence-electron chi connectivity index (χ3n) is 3.13. The molecule has 0 fully saturated rings. The molecule has 0 aliphatic heterocycles. The number of amides is 1. The third-order valence-corrected chi connectivity index (χ3v) is 3.13. The molecule has 0 radical (unpaired) electrons. The van der Waals surface area contributed by atoms with Gasteiger partial charge in [0.15, 0.2) is 11.4 Å². The van der Waals surface area contributed by atoms with Crippen LogP contribution < -0.4 is 10.1 Å². The quantitative estimate of drug-likeness (QED) is 0.788. The summed E-state index contributed by atoms with van der Waals surface area (Å²) in [5.41, 5.74) is 2.00. The van der Waals surface area contributed by atoms with Gasteiger partial charge in [-0.2, -0.15) is 0 Å². The normalized spacial score (nSPS) is 10.8. The summed E-state index contributed by atoms with van der Waals surface area (Å²) in [6, 6.07) is 3.71. The number of hydrogen-bond acceptors (Lipinski definition) is 4. The van der Waals surface area contributed by atoms with Gasteiger partial charge in [0.1, 0.15) is 5.69 Å². The van der Waals surface area contributed by atoms with Crippen LogP contribution >= 0.6 is 0 Å². The number of aromatic nitrogens is 2. The number of aryl methyl sites for hydroxylation is 1. The molecule has 0 aliphatic rings. The smallest absolute Gasteiger partial charge is 0.270 e. The highest BCUT2D eigenvalue weighted by Gasteiger charge is 2.19. The fraction of sp³-hybridized carbons (Fsp3) is 0.467. The van der Waals surface area contributed by atoms with Crippen LogP contribution in [0.15, 0.2) is 18.3 Å². The first kappa shape index (κ1) is 15.3. The first-order valence-corrected chi connectivity index (χ1v) is 7.12. The molecule has 0 saturated carbocycles. The average Bonchev–Trinajstić information content (AvgIpc) is 2.87. The van der Waals surface area contributed by atoms with Gasteiger partial charge in [0.25, 0.3) is 5.91 Å². The van der Waals surface area contributed by atoms with Gasteiger partial charge in [0.05, 0.1) is 18.9 Å². The van der Waals surface area contributed by atoms with Gasteiger partial charge in [0.2, 0.25) is 0 Å². The van der Waals surface area contributed by atoms with Crippen molar-refractivity contribution in [2.24, 2.45) is 0 Å². The minimum atomic E-state index is -0.148. The van der Waals surface area contributed by atoms with Crippen molar-refractivity contribution in [2.75, 3.05) is 26.9 Å². The molecule has 2 aromatic rings. The minimum absolute atomic E-state index is 0.148. The molecule has 6 nitrogen and oxygen atoms in total. The number of nitrogens with zero attached hydrogens (tertiary/aromatic N) is 2. The molecule has 0 saturated heterocycles. The summed E-state index contributed by atoms with van der Waals surface area (Å²) in [7, 11) is 1.60. The molecule has 6 heteroatoms. The van der Waals surface area contributed by atoms with Crippen LogP contribution in [0.3, 0.4) is 0 Å². The van der Waals surface area contributed by atoms with E-state index in [-0.39, 0.29) is 5.91 Å². The topological polar surface area (TPSA) is 64.9 Å². The zero-order chi connectivity index (χ0) is 15.2. The Balaban J connectivity index is 2.41. The fourth-order valence-corrected chi connectivity index (χ4v) is 2.20.